The number of amides is 1. The number of nitriles is 1. The fourth-order valence-electron chi connectivity index (χ4n) is 1.89. The van der Waals surface area contributed by atoms with Crippen LogP contribution in [0.5, 0.6) is 0 Å². The summed E-state index contributed by atoms with van der Waals surface area (Å²) in [5.41, 5.74) is -0.835. The fraction of sp³-hybridized carbons (Fsp3) is 0.667. The third-order valence-corrected chi connectivity index (χ3v) is 5.09. The maximum absolute atomic E-state index is 12.3. The van der Waals surface area contributed by atoms with Gasteiger partial charge in [-0.2, -0.15) is 5.26 Å². The molecule has 114 valence electrons. The molecule has 1 fully saturated rings. The van der Waals surface area contributed by atoms with Gasteiger partial charge >= 0.3 is 0 Å². The second-order valence-electron chi connectivity index (χ2n) is 6.07. The molecule has 0 aromatic carbocycles. The Balaban J connectivity index is 1.99. The second-order valence-corrected chi connectivity index (χ2v) is 7.37. The van der Waals surface area contributed by atoms with Crippen molar-refractivity contribution in [3.05, 3.63) is 12.4 Å². The number of carbonyl (C=O) groups excluding carboxylic acids is 1. The molecule has 5 nitrogen and oxygen atoms in total. The average Bonchev–Trinajstić information content (AvgIpc) is 3.18. The molecule has 2 atom stereocenters. The molecule has 0 saturated heterocycles. The van der Waals surface area contributed by atoms with Gasteiger partial charge in [0, 0.05) is 18.4 Å². The zero-order valence-corrected chi connectivity index (χ0v) is 13.8. The molecule has 1 aromatic heterocycles. The van der Waals surface area contributed by atoms with E-state index in [0.29, 0.717) is 6.04 Å². The van der Waals surface area contributed by atoms with Gasteiger partial charge in [0.05, 0.1) is 11.3 Å². The summed E-state index contributed by atoms with van der Waals surface area (Å²) < 4.78 is 2.14. The molecule has 0 aliphatic heterocycles. The van der Waals surface area contributed by atoms with Crippen LogP contribution in [0.25, 0.3) is 0 Å². The molecule has 0 spiro atoms. The summed E-state index contributed by atoms with van der Waals surface area (Å²) in [6, 6.07) is 2.75. The third-order valence-electron chi connectivity index (χ3n) is 3.99. The van der Waals surface area contributed by atoms with Crippen LogP contribution in [0.3, 0.4) is 0 Å². The first-order valence-corrected chi connectivity index (χ1v) is 8.18. The lowest BCUT2D eigenvalue weighted by Gasteiger charge is -2.28. The summed E-state index contributed by atoms with van der Waals surface area (Å²) in [7, 11) is 0. The highest BCUT2D eigenvalue weighted by atomic mass is 32.2. The van der Waals surface area contributed by atoms with Gasteiger partial charge in [0.1, 0.15) is 5.54 Å². The maximum Gasteiger partial charge on any atom is 0.234 e. The summed E-state index contributed by atoms with van der Waals surface area (Å²) in [4.78, 5) is 16.7. The Morgan fingerprint density at radius 2 is 2.24 bits per heavy atom. The number of rotatable bonds is 6. The molecule has 0 bridgehead atoms. The SMILES string of the molecule is CC(Sc1nccn1C1CC1)C(=O)NC(C)(C#N)C(C)C. The molecule has 1 N–H and O–H groups in total. The zero-order valence-electron chi connectivity index (χ0n) is 13.0. The van der Waals surface area contributed by atoms with Gasteiger partial charge in [0.15, 0.2) is 5.16 Å². The smallest absolute Gasteiger partial charge is 0.234 e. The molecule has 1 amide bonds. The second kappa shape index (κ2) is 6.10. The number of thioether (sulfide) groups is 1. The van der Waals surface area contributed by atoms with Crippen LogP contribution in [0.2, 0.25) is 0 Å². The number of carbonyl (C=O) groups is 1. The topological polar surface area (TPSA) is 70.7 Å². The Hall–Kier alpha value is -1.48. The first kappa shape index (κ1) is 15.9. The number of imidazole rings is 1. The fourth-order valence-corrected chi connectivity index (χ4v) is 2.83. The minimum absolute atomic E-state index is 0.0529. The third kappa shape index (κ3) is 3.59. The minimum atomic E-state index is -0.835. The van der Waals surface area contributed by atoms with Gasteiger partial charge in [-0.15, -0.1) is 0 Å². The van der Waals surface area contributed by atoms with E-state index in [-0.39, 0.29) is 17.1 Å². The van der Waals surface area contributed by atoms with Crippen molar-refractivity contribution < 1.29 is 4.79 Å². The lowest BCUT2D eigenvalue weighted by atomic mass is 9.90. The van der Waals surface area contributed by atoms with Crippen LogP contribution in [0.1, 0.15) is 46.6 Å². The molecule has 1 aliphatic carbocycles. The van der Waals surface area contributed by atoms with Gasteiger partial charge in [0.2, 0.25) is 5.91 Å². The van der Waals surface area contributed by atoms with E-state index in [4.69, 9.17) is 0 Å². The average molecular weight is 306 g/mol. The van der Waals surface area contributed by atoms with Crippen molar-refractivity contribution in [2.75, 3.05) is 0 Å². The Morgan fingerprint density at radius 1 is 1.57 bits per heavy atom. The standard InChI is InChI=1S/C15H22N4OS/c1-10(2)15(4,9-16)18-13(20)11(3)21-14-17-7-8-19(14)12-5-6-12/h7-8,10-12H,5-6H2,1-4H3,(H,18,20). The van der Waals surface area contributed by atoms with Gasteiger partial charge in [0.25, 0.3) is 0 Å². The predicted octanol–water partition coefficient (Wildman–Crippen LogP) is 2.75. The summed E-state index contributed by atoms with van der Waals surface area (Å²) in [6.07, 6.45) is 6.12. The van der Waals surface area contributed by atoms with E-state index >= 15 is 0 Å². The highest BCUT2D eigenvalue weighted by Gasteiger charge is 2.33. The summed E-state index contributed by atoms with van der Waals surface area (Å²) >= 11 is 1.45. The monoisotopic (exact) mass is 306 g/mol. The molecular formula is C15H22N4OS. The molecule has 6 heteroatoms. The van der Waals surface area contributed by atoms with Gasteiger partial charge < -0.3 is 9.88 Å². The Morgan fingerprint density at radius 3 is 2.76 bits per heavy atom. The molecule has 1 saturated carbocycles. The number of hydrogen-bond acceptors (Lipinski definition) is 4. The van der Waals surface area contributed by atoms with Crippen molar-refractivity contribution in [1.82, 2.24) is 14.9 Å². The summed E-state index contributed by atoms with van der Waals surface area (Å²) in [6.45, 7) is 7.48. The molecule has 2 rings (SSSR count). The van der Waals surface area contributed by atoms with Crippen molar-refractivity contribution in [2.45, 2.75) is 62.5 Å². The highest BCUT2D eigenvalue weighted by molar-refractivity contribution is 8.00. The summed E-state index contributed by atoms with van der Waals surface area (Å²) in [5.74, 6) is -0.0693. The number of nitrogens with one attached hydrogen (secondary N) is 1. The summed E-state index contributed by atoms with van der Waals surface area (Å²) in [5, 5.41) is 12.7. The quantitative estimate of drug-likeness (QED) is 0.820. The van der Waals surface area contributed by atoms with E-state index in [0.717, 1.165) is 5.16 Å². The van der Waals surface area contributed by atoms with E-state index in [9.17, 15) is 10.1 Å². The van der Waals surface area contributed by atoms with Crippen LogP contribution in [0.4, 0.5) is 0 Å². The van der Waals surface area contributed by atoms with Crippen LogP contribution in [-0.4, -0.2) is 26.2 Å². The van der Waals surface area contributed by atoms with Crippen molar-refractivity contribution in [2.24, 2.45) is 5.92 Å². The molecule has 1 aliphatic rings. The van der Waals surface area contributed by atoms with Crippen LogP contribution in [0.15, 0.2) is 17.6 Å². The van der Waals surface area contributed by atoms with E-state index in [1.165, 1.54) is 24.6 Å². The zero-order chi connectivity index (χ0) is 15.6. The largest absolute Gasteiger partial charge is 0.337 e. The molecule has 2 unspecified atom stereocenters. The molecule has 1 heterocycles. The van der Waals surface area contributed by atoms with Crippen LogP contribution in [-0.2, 0) is 4.79 Å². The predicted molar refractivity (Wildman–Crippen MR) is 82.8 cm³/mol. The van der Waals surface area contributed by atoms with Gasteiger partial charge in [-0.1, -0.05) is 25.6 Å². The molecule has 0 radical (unpaired) electrons. The molecule has 1 aromatic rings. The van der Waals surface area contributed by atoms with Crippen molar-refractivity contribution in [1.29, 1.82) is 5.26 Å². The van der Waals surface area contributed by atoms with Gasteiger partial charge in [-0.05, 0) is 32.6 Å². The van der Waals surface area contributed by atoms with E-state index in [2.05, 4.69) is 20.9 Å². The number of nitrogens with zero attached hydrogens (tertiary/aromatic N) is 3. The van der Waals surface area contributed by atoms with E-state index < -0.39 is 5.54 Å². The van der Waals surface area contributed by atoms with E-state index in [1.807, 2.05) is 27.0 Å². The van der Waals surface area contributed by atoms with Crippen LogP contribution < -0.4 is 5.32 Å². The van der Waals surface area contributed by atoms with E-state index in [1.54, 1.807) is 13.1 Å². The first-order valence-electron chi connectivity index (χ1n) is 7.30. The first-order chi connectivity index (χ1) is 9.87. The Kier molecular flexibility index (Phi) is 4.62. The normalized spacial score (nSPS) is 18.9. The lowest BCUT2D eigenvalue weighted by molar-refractivity contribution is -0.121. The minimum Gasteiger partial charge on any atom is -0.337 e. The van der Waals surface area contributed by atoms with Crippen LogP contribution >= 0.6 is 11.8 Å². The highest BCUT2D eigenvalue weighted by Crippen LogP contribution is 2.38. The molecular weight excluding hydrogens is 284 g/mol. The van der Waals surface area contributed by atoms with Crippen LogP contribution in [0, 0.1) is 17.2 Å². The van der Waals surface area contributed by atoms with Gasteiger partial charge in [-0.3, -0.25) is 4.79 Å². The Bertz CT molecular complexity index is 558. The van der Waals surface area contributed by atoms with Crippen molar-refractivity contribution >= 4 is 17.7 Å². The maximum atomic E-state index is 12.3. The van der Waals surface area contributed by atoms with Gasteiger partial charge in [-0.25, -0.2) is 4.98 Å². The number of aromatic nitrogens is 2. The van der Waals surface area contributed by atoms with Crippen molar-refractivity contribution in [3.8, 4) is 6.07 Å². The molecule has 21 heavy (non-hydrogen) atoms. The number of hydrogen-bond donors (Lipinski definition) is 1. The lowest BCUT2D eigenvalue weighted by Crippen LogP contribution is -2.51. The Labute approximate surface area is 130 Å². The van der Waals surface area contributed by atoms with Crippen molar-refractivity contribution in [3.63, 3.8) is 0 Å².